The molecule has 2 aliphatic rings. The normalized spacial score (nSPS) is 16.6. The van der Waals surface area contributed by atoms with E-state index in [2.05, 4.69) is 15.0 Å². The number of benzene rings is 2. The van der Waals surface area contributed by atoms with Crippen LogP contribution in [0.5, 0.6) is 0 Å². The van der Waals surface area contributed by atoms with E-state index in [4.69, 9.17) is 5.73 Å². The van der Waals surface area contributed by atoms with Gasteiger partial charge in [-0.3, -0.25) is 19.3 Å². The highest BCUT2D eigenvalue weighted by Gasteiger charge is 2.38. The number of nitrogens with two attached hydrogens (primary N) is 1. The Hall–Kier alpha value is -3.79. The van der Waals surface area contributed by atoms with E-state index in [-0.39, 0.29) is 34.2 Å². The van der Waals surface area contributed by atoms with Gasteiger partial charge in [0.2, 0.25) is 5.91 Å². The monoisotopic (exact) mass is 591 g/mol. The summed E-state index contributed by atoms with van der Waals surface area (Å²) in [4.78, 5) is 43.1. The maximum atomic E-state index is 14.5. The Morgan fingerprint density at radius 2 is 1.55 bits per heavy atom. The van der Waals surface area contributed by atoms with Gasteiger partial charge in [-0.1, -0.05) is 61.9 Å². The van der Waals surface area contributed by atoms with Crippen molar-refractivity contribution in [3.63, 3.8) is 0 Å². The third-order valence-corrected chi connectivity index (χ3v) is 9.15. The van der Waals surface area contributed by atoms with Crippen LogP contribution in [0.1, 0.15) is 101 Å². The molecule has 3 amide bonds. The zero-order valence-electron chi connectivity index (χ0n) is 24.1. The van der Waals surface area contributed by atoms with Crippen LogP contribution in [0.2, 0.25) is 0 Å². The second-order valence-corrected chi connectivity index (χ2v) is 12.3. The fraction of sp³-hybridized carbons (Fsp3) is 0.438. The highest BCUT2D eigenvalue weighted by molar-refractivity contribution is 7.09. The van der Waals surface area contributed by atoms with Gasteiger partial charge in [0.05, 0.1) is 5.69 Å². The summed E-state index contributed by atoms with van der Waals surface area (Å²) in [5.74, 6) is -1.76. The van der Waals surface area contributed by atoms with Gasteiger partial charge in [0.15, 0.2) is 5.69 Å². The molecule has 1 atom stereocenters. The van der Waals surface area contributed by atoms with E-state index < -0.39 is 23.7 Å². The Bertz CT molecular complexity index is 1440. The summed E-state index contributed by atoms with van der Waals surface area (Å²) in [5.41, 5.74) is 9.20. The Labute approximate surface area is 250 Å². The topological polar surface area (TPSA) is 117 Å². The number of hydrogen-bond donors (Lipinski definition) is 3. The number of aryl methyl sites for hydroxylation is 2. The summed E-state index contributed by atoms with van der Waals surface area (Å²) in [6.07, 6.45) is 8.83. The van der Waals surface area contributed by atoms with Crippen molar-refractivity contribution in [3.8, 4) is 0 Å². The molecule has 2 fully saturated rings. The van der Waals surface area contributed by atoms with Gasteiger partial charge in [-0.25, -0.2) is 4.39 Å². The minimum absolute atomic E-state index is 0.0000693. The van der Waals surface area contributed by atoms with Crippen molar-refractivity contribution in [2.45, 2.75) is 89.8 Å². The molecule has 1 unspecified atom stereocenters. The number of nitrogens with zero attached hydrogens (tertiary/aromatic N) is 2. The standard InChI is InChI=1S/C32H38FN5O3S/c1-19-12-17-25(20(2)18-19)38(28(21-13-15-22(33)16-14-21)31(40)36-24-10-6-7-11-24)32(41)29-26(34)27(37-42-29)30(39)35-23-8-4-3-5-9-23/h12-18,23-24,28H,3-11,34H2,1-2H3,(H,35,39)(H,36,40). The largest absolute Gasteiger partial charge is 0.395 e. The summed E-state index contributed by atoms with van der Waals surface area (Å²) >= 11 is 0.848. The maximum absolute atomic E-state index is 14.5. The number of nitrogen functional groups attached to an aromatic ring is 1. The zero-order valence-corrected chi connectivity index (χ0v) is 24.9. The summed E-state index contributed by atoms with van der Waals surface area (Å²) in [6, 6.07) is 10.2. The number of carbonyl (C=O) groups is 3. The summed E-state index contributed by atoms with van der Waals surface area (Å²) < 4.78 is 18.3. The SMILES string of the molecule is Cc1ccc(N(C(=O)c2snc(C(=O)NC3CCCCC3)c2N)C(C(=O)NC2CCCC2)c2ccc(F)cc2)c(C)c1. The van der Waals surface area contributed by atoms with E-state index in [1.807, 2.05) is 26.0 Å². The van der Waals surface area contributed by atoms with Crippen molar-refractivity contribution < 1.29 is 18.8 Å². The number of rotatable bonds is 8. The van der Waals surface area contributed by atoms with Crippen molar-refractivity contribution in [1.82, 2.24) is 15.0 Å². The molecular formula is C32H38FN5O3S. The van der Waals surface area contributed by atoms with Gasteiger partial charge in [0.25, 0.3) is 11.8 Å². The molecular weight excluding hydrogens is 553 g/mol. The molecule has 3 aromatic rings. The van der Waals surface area contributed by atoms with Gasteiger partial charge in [-0.05, 0) is 80.4 Å². The molecule has 222 valence electrons. The smallest absolute Gasteiger partial charge is 0.273 e. The van der Waals surface area contributed by atoms with Crippen LogP contribution in [-0.4, -0.2) is 34.2 Å². The number of nitrogens with one attached hydrogen (secondary N) is 2. The second-order valence-electron chi connectivity index (χ2n) is 11.5. The van der Waals surface area contributed by atoms with Crippen molar-refractivity contribution >= 4 is 40.6 Å². The Morgan fingerprint density at radius 3 is 2.19 bits per heavy atom. The van der Waals surface area contributed by atoms with E-state index >= 15 is 0 Å². The van der Waals surface area contributed by atoms with Gasteiger partial charge in [0.1, 0.15) is 16.7 Å². The number of carbonyl (C=O) groups excluding carboxylic acids is 3. The highest BCUT2D eigenvalue weighted by Crippen LogP contribution is 2.36. The van der Waals surface area contributed by atoms with Crippen molar-refractivity contribution in [1.29, 1.82) is 0 Å². The third-order valence-electron chi connectivity index (χ3n) is 8.30. The number of halogens is 1. The Balaban J connectivity index is 1.55. The van der Waals surface area contributed by atoms with E-state index in [0.717, 1.165) is 80.4 Å². The highest BCUT2D eigenvalue weighted by atomic mass is 32.1. The molecule has 8 nitrogen and oxygen atoms in total. The molecule has 2 saturated carbocycles. The molecule has 2 aromatic carbocycles. The maximum Gasteiger partial charge on any atom is 0.273 e. The number of anilines is 2. The minimum Gasteiger partial charge on any atom is -0.395 e. The Kier molecular flexibility index (Phi) is 9.21. The van der Waals surface area contributed by atoms with Crippen LogP contribution in [0.4, 0.5) is 15.8 Å². The van der Waals surface area contributed by atoms with E-state index in [9.17, 15) is 18.8 Å². The quantitative estimate of drug-likeness (QED) is 0.298. The van der Waals surface area contributed by atoms with E-state index in [1.165, 1.54) is 29.2 Å². The molecule has 1 aromatic heterocycles. The molecule has 42 heavy (non-hydrogen) atoms. The number of aromatic nitrogens is 1. The van der Waals surface area contributed by atoms with Crippen molar-refractivity contribution in [2.24, 2.45) is 0 Å². The fourth-order valence-electron chi connectivity index (χ4n) is 6.08. The fourth-order valence-corrected chi connectivity index (χ4v) is 6.82. The average Bonchev–Trinajstić information content (AvgIpc) is 3.62. The van der Waals surface area contributed by atoms with Crippen LogP contribution < -0.4 is 21.3 Å². The van der Waals surface area contributed by atoms with Crippen LogP contribution in [0.15, 0.2) is 42.5 Å². The summed E-state index contributed by atoms with van der Waals surface area (Å²) in [5, 5.41) is 6.15. The Morgan fingerprint density at radius 1 is 0.929 bits per heavy atom. The molecule has 1 heterocycles. The van der Waals surface area contributed by atoms with Crippen molar-refractivity contribution in [2.75, 3.05) is 10.6 Å². The number of amides is 3. The van der Waals surface area contributed by atoms with Crippen LogP contribution in [0, 0.1) is 19.7 Å². The molecule has 10 heteroatoms. The van der Waals surface area contributed by atoms with Crippen LogP contribution in [-0.2, 0) is 4.79 Å². The third kappa shape index (κ3) is 6.48. The zero-order chi connectivity index (χ0) is 29.8. The lowest BCUT2D eigenvalue weighted by Gasteiger charge is -2.33. The lowest BCUT2D eigenvalue weighted by molar-refractivity contribution is -0.123. The molecule has 0 radical (unpaired) electrons. The van der Waals surface area contributed by atoms with Gasteiger partial charge in [-0.2, -0.15) is 4.37 Å². The lowest BCUT2D eigenvalue weighted by Crippen LogP contribution is -2.46. The van der Waals surface area contributed by atoms with Crippen LogP contribution in [0.3, 0.4) is 0 Å². The molecule has 0 bridgehead atoms. The van der Waals surface area contributed by atoms with Gasteiger partial charge in [0, 0.05) is 17.8 Å². The van der Waals surface area contributed by atoms with E-state index in [0.29, 0.717) is 11.3 Å². The molecule has 0 aliphatic heterocycles. The first-order valence-corrected chi connectivity index (χ1v) is 15.5. The average molecular weight is 592 g/mol. The first-order valence-electron chi connectivity index (χ1n) is 14.8. The first-order chi connectivity index (χ1) is 20.2. The van der Waals surface area contributed by atoms with Gasteiger partial charge < -0.3 is 16.4 Å². The number of hydrogen-bond acceptors (Lipinski definition) is 6. The summed E-state index contributed by atoms with van der Waals surface area (Å²) in [7, 11) is 0. The van der Waals surface area contributed by atoms with Crippen molar-refractivity contribution in [3.05, 3.63) is 75.5 Å². The van der Waals surface area contributed by atoms with Crippen LogP contribution in [0.25, 0.3) is 0 Å². The van der Waals surface area contributed by atoms with Gasteiger partial charge in [-0.15, -0.1) is 0 Å². The molecule has 4 N–H and O–H groups in total. The predicted octanol–water partition coefficient (Wildman–Crippen LogP) is 5.99. The minimum atomic E-state index is -1.11. The van der Waals surface area contributed by atoms with Gasteiger partial charge >= 0.3 is 0 Å². The lowest BCUT2D eigenvalue weighted by atomic mass is 9.95. The molecule has 0 spiro atoms. The first kappa shape index (κ1) is 29.7. The molecule has 0 saturated heterocycles. The summed E-state index contributed by atoms with van der Waals surface area (Å²) in [6.45, 7) is 3.82. The molecule has 5 rings (SSSR count). The second kappa shape index (κ2) is 13.0. The predicted molar refractivity (Wildman–Crippen MR) is 163 cm³/mol. The van der Waals surface area contributed by atoms with Crippen LogP contribution >= 0.6 is 11.5 Å². The molecule has 2 aliphatic carbocycles. The van der Waals surface area contributed by atoms with E-state index in [1.54, 1.807) is 6.07 Å².